The molecular formula is C39H24N4O. The summed E-state index contributed by atoms with van der Waals surface area (Å²) in [5.74, 6) is 0.764. The van der Waals surface area contributed by atoms with Gasteiger partial charge in [0.15, 0.2) is 0 Å². The Morgan fingerprint density at radius 3 is 1.64 bits per heavy atom. The second kappa shape index (κ2) is 9.91. The van der Waals surface area contributed by atoms with Crippen molar-refractivity contribution in [2.45, 2.75) is 0 Å². The van der Waals surface area contributed by atoms with E-state index in [0.29, 0.717) is 11.1 Å². The van der Waals surface area contributed by atoms with Crippen molar-refractivity contribution in [3.8, 4) is 40.4 Å². The predicted molar refractivity (Wildman–Crippen MR) is 177 cm³/mol. The second-order valence-corrected chi connectivity index (χ2v) is 10.9. The zero-order valence-corrected chi connectivity index (χ0v) is 23.8. The number of para-hydroxylation sites is 2. The zero-order chi connectivity index (χ0) is 29.8. The van der Waals surface area contributed by atoms with E-state index in [9.17, 15) is 10.5 Å². The van der Waals surface area contributed by atoms with Gasteiger partial charge in [0.2, 0.25) is 0 Å². The fourth-order valence-corrected chi connectivity index (χ4v) is 6.46. The number of benzene rings is 6. The van der Waals surface area contributed by atoms with E-state index in [2.05, 4.69) is 106 Å². The molecule has 0 aliphatic carbocycles. The van der Waals surface area contributed by atoms with E-state index in [1.807, 2.05) is 36.4 Å². The molecule has 6 aromatic carbocycles. The summed E-state index contributed by atoms with van der Waals surface area (Å²) in [6.07, 6.45) is 0. The molecule has 5 heteroatoms. The van der Waals surface area contributed by atoms with Crippen molar-refractivity contribution in [2.75, 3.05) is 7.11 Å². The van der Waals surface area contributed by atoms with E-state index in [0.717, 1.165) is 55.6 Å². The van der Waals surface area contributed by atoms with Crippen LogP contribution in [0.2, 0.25) is 0 Å². The summed E-state index contributed by atoms with van der Waals surface area (Å²) in [5.41, 5.74) is 9.31. The molecule has 0 radical (unpaired) electrons. The standard InChI is InChI=1S/C39H24N4O/c1-44-31-13-16-39-35(22-31)34-21-28(12-15-38(34)43(39)30-18-25(23-40)17-26(19-30)24-41)27-11-14-37-33(20-27)32-9-5-6-10-36(32)42(37)29-7-3-2-4-8-29/h2-22H,1H3. The lowest BCUT2D eigenvalue weighted by Crippen LogP contribution is -1.96. The largest absolute Gasteiger partial charge is 0.497 e. The molecule has 44 heavy (non-hydrogen) atoms. The predicted octanol–water partition coefficient (Wildman–Crippen LogP) is 9.30. The quantitative estimate of drug-likeness (QED) is 0.214. The molecule has 2 heterocycles. The summed E-state index contributed by atoms with van der Waals surface area (Å²) in [6.45, 7) is 0. The summed E-state index contributed by atoms with van der Waals surface area (Å²) >= 11 is 0. The molecule has 0 fully saturated rings. The lowest BCUT2D eigenvalue weighted by molar-refractivity contribution is 0.415. The molecule has 0 unspecified atom stereocenters. The van der Waals surface area contributed by atoms with Crippen molar-refractivity contribution in [1.82, 2.24) is 9.13 Å². The number of hydrogen-bond donors (Lipinski definition) is 0. The van der Waals surface area contributed by atoms with Crippen LogP contribution in [0.4, 0.5) is 0 Å². The van der Waals surface area contributed by atoms with Gasteiger partial charge in [-0.05, 0) is 90.0 Å². The Labute approximate surface area is 253 Å². The van der Waals surface area contributed by atoms with E-state index in [1.54, 1.807) is 13.2 Å². The van der Waals surface area contributed by atoms with Crippen LogP contribution in [0.1, 0.15) is 11.1 Å². The monoisotopic (exact) mass is 564 g/mol. The van der Waals surface area contributed by atoms with Crippen LogP contribution in [0.3, 0.4) is 0 Å². The van der Waals surface area contributed by atoms with Crippen LogP contribution >= 0.6 is 0 Å². The summed E-state index contributed by atoms with van der Waals surface area (Å²) in [5, 5.41) is 23.8. The molecular weight excluding hydrogens is 540 g/mol. The molecule has 0 atom stereocenters. The highest BCUT2D eigenvalue weighted by Crippen LogP contribution is 2.39. The van der Waals surface area contributed by atoms with Gasteiger partial charge < -0.3 is 13.9 Å². The Kier molecular flexibility index (Phi) is 5.72. The number of nitriles is 2. The fourth-order valence-electron chi connectivity index (χ4n) is 6.46. The first-order valence-electron chi connectivity index (χ1n) is 14.3. The number of nitrogens with zero attached hydrogens (tertiary/aromatic N) is 4. The van der Waals surface area contributed by atoms with Crippen molar-refractivity contribution >= 4 is 43.6 Å². The molecule has 8 rings (SSSR count). The first-order valence-corrected chi connectivity index (χ1v) is 14.3. The molecule has 8 aromatic rings. The second-order valence-electron chi connectivity index (χ2n) is 10.9. The van der Waals surface area contributed by atoms with Gasteiger partial charge >= 0.3 is 0 Å². The SMILES string of the molecule is COc1ccc2c(c1)c1cc(-c3ccc4c(c3)c3ccccc3n4-c3ccccc3)ccc1n2-c1cc(C#N)cc(C#N)c1. The van der Waals surface area contributed by atoms with Gasteiger partial charge in [-0.25, -0.2) is 0 Å². The van der Waals surface area contributed by atoms with Crippen LogP contribution in [0.15, 0.2) is 127 Å². The molecule has 0 aliphatic heterocycles. The fraction of sp³-hybridized carbons (Fsp3) is 0.0256. The average molecular weight is 565 g/mol. The Hall–Kier alpha value is -6.30. The molecule has 0 bridgehead atoms. The first kappa shape index (κ1) is 25.4. The first-order chi connectivity index (χ1) is 21.7. The van der Waals surface area contributed by atoms with Gasteiger partial charge in [-0.1, -0.05) is 48.5 Å². The van der Waals surface area contributed by atoms with Gasteiger partial charge in [-0.15, -0.1) is 0 Å². The van der Waals surface area contributed by atoms with Crippen molar-refractivity contribution in [3.05, 3.63) is 139 Å². The molecule has 0 N–H and O–H groups in total. The summed E-state index contributed by atoms with van der Waals surface area (Å²) in [4.78, 5) is 0. The normalized spacial score (nSPS) is 11.2. The Morgan fingerprint density at radius 2 is 1.00 bits per heavy atom. The number of aromatic nitrogens is 2. The molecule has 0 aliphatic rings. The van der Waals surface area contributed by atoms with Gasteiger partial charge in [0, 0.05) is 32.9 Å². The van der Waals surface area contributed by atoms with Crippen molar-refractivity contribution < 1.29 is 4.74 Å². The molecule has 5 nitrogen and oxygen atoms in total. The van der Waals surface area contributed by atoms with Crippen molar-refractivity contribution in [1.29, 1.82) is 10.5 Å². The highest BCUT2D eigenvalue weighted by Gasteiger charge is 2.17. The van der Waals surface area contributed by atoms with Crippen molar-refractivity contribution in [2.24, 2.45) is 0 Å². The summed E-state index contributed by atoms with van der Waals surface area (Å²) < 4.78 is 10.0. The number of hydrogen-bond acceptors (Lipinski definition) is 3. The molecule has 206 valence electrons. The minimum Gasteiger partial charge on any atom is -0.497 e. The lowest BCUT2D eigenvalue weighted by Gasteiger charge is -2.10. The Morgan fingerprint density at radius 1 is 0.477 bits per heavy atom. The topological polar surface area (TPSA) is 66.7 Å². The van der Waals surface area contributed by atoms with E-state index in [-0.39, 0.29) is 0 Å². The van der Waals surface area contributed by atoms with Gasteiger partial charge in [0.25, 0.3) is 0 Å². The van der Waals surface area contributed by atoms with Crippen LogP contribution in [0.25, 0.3) is 66.1 Å². The van der Waals surface area contributed by atoms with Gasteiger partial charge in [-0.3, -0.25) is 0 Å². The van der Waals surface area contributed by atoms with Gasteiger partial charge in [-0.2, -0.15) is 10.5 Å². The molecule has 0 saturated carbocycles. The van der Waals surface area contributed by atoms with Crippen LogP contribution in [-0.4, -0.2) is 16.2 Å². The van der Waals surface area contributed by atoms with Gasteiger partial charge in [0.05, 0.1) is 52.4 Å². The van der Waals surface area contributed by atoms with Crippen LogP contribution in [-0.2, 0) is 0 Å². The Balaban J connectivity index is 1.37. The minimum atomic E-state index is 0.446. The van der Waals surface area contributed by atoms with Crippen LogP contribution in [0.5, 0.6) is 5.75 Å². The third-order valence-electron chi connectivity index (χ3n) is 8.43. The smallest absolute Gasteiger partial charge is 0.119 e. The number of ether oxygens (including phenoxy) is 1. The maximum atomic E-state index is 9.66. The van der Waals surface area contributed by atoms with Gasteiger partial charge in [0.1, 0.15) is 5.75 Å². The highest BCUT2D eigenvalue weighted by atomic mass is 16.5. The number of rotatable bonds is 4. The van der Waals surface area contributed by atoms with Crippen LogP contribution in [0, 0.1) is 22.7 Å². The lowest BCUT2D eigenvalue weighted by atomic mass is 10.0. The maximum absolute atomic E-state index is 9.66. The van der Waals surface area contributed by atoms with E-state index < -0.39 is 0 Å². The highest BCUT2D eigenvalue weighted by molar-refractivity contribution is 6.13. The van der Waals surface area contributed by atoms with Crippen molar-refractivity contribution in [3.63, 3.8) is 0 Å². The minimum absolute atomic E-state index is 0.446. The Bertz CT molecular complexity index is 2470. The number of fused-ring (bicyclic) bond motifs is 6. The zero-order valence-electron chi connectivity index (χ0n) is 23.8. The molecule has 0 saturated heterocycles. The van der Waals surface area contributed by atoms with E-state index >= 15 is 0 Å². The molecule has 2 aromatic heterocycles. The van der Waals surface area contributed by atoms with Crippen LogP contribution < -0.4 is 4.74 Å². The molecule has 0 spiro atoms. The summed E-state index contributed by atoms with van der Waals surface area (Å²) in [7, 11) is 1.67. The number of methoxy groups -OCH3 is 1. The molecule has 0 amide bonds. The summed E-state index contributed by atoms with van der Waals surface area (Å²) in [6, 6.07) is 47.9. The maximum Gasteiger partial charge on any atom is 0.119 e. The van der Waals surface area contributed by atoms with E-state index in [1.165, 1.54) is 16.3 Å². The third kappa shape index (κ3) is 3.85. The third-order valence-corrected chi connectivity index (χ3v) is 8.43. The average Bonchev–Trinajstić information content (AvgIpc) is 3.60. The van der Waals surface area contributed by atoms with E-state index in [4.69, 9.17) is 4.74 Å².